The molecule has 0 radical (unpaired) electrons. The fourth-order valence-electron chi connectivity index (χ4n) is 4.28. The largest absolute Gasteiger partial charge is 0.492 e. The maximum absolute atomic E-state index is 11.3. The van der Waals surface area contributed by atoms with Crippen LogP contribution in [0.4, 0.5) is 0 Å². The Balaban J connectivity index is 1.24. The molecule has 3 aromatic rings. The molecule has 0 N–H and O–H groups in total. The average molecular weight is 450 g/mol. The van der Waals surface area contributed by atoms with Gasteiger partial charge in [0.2, 0.25) is 0 Å². The van der Waals surface area contributed by atoms with Crippen LogP contribution in [-0.4, -0.2) is 43.7 Å². The van der Waals surface area contributed by atoms with Gasteiger partial charge in [-0.25, -0.2) is 0 Å². The van der Waals surface area contributed by atoms with Crippen molar-refractivity contribution in [3.63, 3.8) is 0 Å². The van der Waals surface area contributed by atoms with Gasteiger partial charge in [-0.05, 0) is 90.0 Å². The number of methoxy groups -OCH3 is 1. The second kappa shape index (κ2) is 11.3. The predicted octanol–water partition coefficient (Wildman–Crippen LogP) is 5.80. The molecule has 1 atom stereocenters. The van der Waals surface area contributed by atoms with Gasteiger partial charge < -0.3 is 9.47 Å². The van der Waals surface area contributed by atoms with Gasteiger partial charge in [0.05, 0.1) is 7.11 Å². The number of hydrogen-bond donors (Lipinski definition) is 0. The molecule has 0 spiro atoms. The minimum Gasteiger partial charge on any atom is -0.492 e. The summed E-state index contributed by atoms with van der Waals surface area (Å²) in [6.45, 7) is 2.70. The number of nitrogens with zero attached hydrogens (tertiary/aromatic N) is 1. The number of rotatable bonds is 10. The number of benzene rings is 2. The number of thiophene rings is 1. The van der Waals surface area contributed by atoms with Crippen molar-refractivity contribution in [3.05, 3.63) is 76.5 Å². The van der Waals surface area contributed by atoms with E-state index in [2.05, 4.69) is 70.3 Å². The molecule has 4 nitrogen and oxygen atoms in total. The highest BCUT2D eigenvalue weighted by atomic mass is 32.1. The number of carbonyl (C=O) groups is 1. The monoisotopic (exact) mass is 449 g/mol. The number of esters is 1. The first-order valence-corrected chi connectivity index (χ1v) is 12.3. The molecule has 2 aromatic carbocycles. The van der Waals surface area contributed by atoms with Crippen LogP contribution < -0.4 is 4.74 Å². The molecule has 1 unspecified atom stereocenters. The minimum absolute atomic E-state index is 0.129. The molecule has 0 saturated carbocycles. The fourth-order valence-corrected chi connectivity index (χ4v) is 4.95. The Hall–Kier alpha value is -2.63. The third kappa shape index (κ3) is 6.21. The van der Waals surface area contributed by atoms with Crippen molar-refractivity contribution in [1.82, 2.24) is 4.90 Å². The highest BCUT2D eigenvalue weighted by molar-refractivity contribution is 7.08. The molecule has 5 heteroatoms. The third-order valence-corrected chi connectivity index (χ3v) is 6.82. The molecule has 4 rings (SSSR count). The topological polar surface area (TPSA) is 38.8 Å². The van der Waals surface area contributed by atoms with Crippen LogP contribution in [0.15, 0.2) is 65.4 Å². The van der Waals surface area contributed by atoms with E-state index in [1.54, 1.807) is 11.3 Å². The van der Waals surface area contributed by atoms with E-state index in [0.29, 0.717) is 19.1 Å². The van der Waals surface area contributed by atoms with Crippen LogP contribution in [-0.2, 0) is 16.0 Å². The standard InChI is InChI=1S/C27H31NO3S/c1-30-27(29)5-3-16-28-15-2-4-25(28)19-31-26-12-8-22(9-13-26)18-21-6-10-23(11-7-21)24-14-17-32-20-24/h6-14,17,20,25H,2-5,15-16,18-19H2,1H3. The Morgan fingerprint density at radius 1 is 1.03 bits per heavy atom. The zero-order valence-electron chi connectivity index (χ0n) is 18.7. The Kier molecular flexibility index (Phi) is 7.97. The second-order valence-electron chi connectivity index (χ2n) is 8.35. The normalized spacial score (nSPS) is 16.2. The van der Waals surface area contributed by atoms with E-state index in [9.17, 15) is 4.79 Å². The highest BCUT2D eigenvalue weighted by Gasteiger charge is 2.24. The Morgan fingerprint density at radius 3 is 2.47 bits per heavy atom. The quantitative estimate of drug-likeness (QED) is 0.367. The van der Waals surface area contributed by atoms with Crippen molar-refractivity contribution in [1.29, 1.82) is 0 Å². The molecule has 0 amide bonds. The predicted molar refractivity (Wildman–Crippen MR) is 130 cm³/mol. The molecule has 0 bridgehead atoms. The van der Waals surface area contributed by atoms with Crippen molar-refractivity contribution >= 4 is 17.3 Å². The van der Waals surface area contributed by atoms with Gasteiger partial charge in [0.15, 0.2) is 0 Å². The lowest BCUT2D eigenvalue weighted by atomic mass is 10.0. The smallest absolute Gasteiger partial charge is 0.305 e. The van der Waals surface area contributed by atoms with Crippen molar-refractivity contribution in [2.45, 2.75) is 38.1 Å². The van der Waals surface area contributed by atoms with Crippen LogP contribution in [0.2, 0.25) is 0 Å². The van der Waals surface area contributed by atoms with Crippen molar-refractivity contribution < 1.29 is 14.3 Å². The minimum atomic E-state index is -0.129. The number of ether oxygens (including phenoxy) is 2. The van der Waals surface area contributed by atoms with Crippen molar-refractivity contribution in [2.75, 3.05) is 26.8 Å². The summed E-state index contributed by atoms with van der Waals surface area (Å²) in [6, 6.07) is 19.9. The maximum atomic E-state index is 11.3. The van der Waals surface area contributed by atoms with Gasteiger partial charge >= 0.3 is 5.97 Å². The van der Waals surface area contributed by atoms with E-state index in [0.717, 1.165) is 38.1 Å². The van der Waals surface area contributed by atoms with Gasteiger partial charge in [0.1, 0.15) is 12.4 Å². The average Bonchev–Trinajstić information content (AvgIpc) is 3.51. The summed E-state index contributed by atoms with van der Waals surface area (Å²) in [4.78, 5) is 13.8. The highest BCUT2D eigenvalue weighted by Crippen LogP contribution is 2.24. The number of carbonyl (C=O) groups excluding carboxylic acids is 1. The Labute approximate surface area is 194 Å². The molecule has 32 heavy (non-hydrogen) atoms. The molecular formula is C27H31NO3S. The van der Waals surface area contributed by atoms with Crippen LogP contribution in [0.5, 0.6) is 5.75 Å². The van der Waals surface area contributed by atoms with E-state index in [1.165, 1.54) is 35.8 Å². The van der Waals surface area contributed by atoms with Crippen LogP contribution >= 0.6 is 11.3 Å². The van der Waals surface area contributed by atoms with Crippen LogP contribution in [0.3, 0.4) is 0 Å². The van der Waals surface area contributed by atoms with Crippen LogP contribution in [0, 0.1) is 0 Å². The maximum Gasteiger partial charge on any atom is 0.305 e. The van der Waals surface area contributed by atoms with Crippen LogP contribution in [0.1, 0.15) is 36.8 Å². The van der Waals surface area contributed by atoms with E-state index >= 15 is 0 Å². The first kappa shape index (κ1) is 22.6. The molecule has 1 aliphatic rings. The molecule has 1 aliphatic heterocycles. The lowest BCUT2D eigenvalue weighted by molar-refractivity contribution is -0.140. The van der Waals surface area contributed by atoms with E-state index < -0.39 is 0 Å². The summed E-state index contributed by atoms with van der Waals surface area (Å²) < 4.78 is 10.8. The molecule has 1 fully saturated rings. The summed E-state index contributed by atoms with van der Waals surface area (Å²) in [7, 11) is 1.45. The van der Waals surface area contributed by atoms with E-state index in [-0.39, 0.29) is 5.97 Å². The zero-order chi connectivity index (χ0) is 22.2. The summed E-state index contributed by atoms with van der Waals surface area (Å²) in [6.07, 6.45) is 4.58. The Morgan fingerprint density at radius 2 is 1.78 bits per heavy atom. The van der Waals surface area contributed by atoms with Gasteiger partial charge in [0, 0.05) is 12.5 Å². The summed E-state index contributed by atoms with van der Waals surface area (Å²) in [5.74, 6) is 0.790. The Bertz CT molecular complexity index is 967. The zero-order valence-corrected chi connectivity index (χ0v) is 19.5. The van der Waals surface area contributed by atoms with Crippen LogP contribution in [0.25, 0.3) is 11.1 Å². The van der Waals surface area contributed by atoms with E-state index in [4.69, 9.17) is 9.47 Å². The summed E-state index contributed by atoms with van der Waals surface area (Å²) in [5.41, 5.74) is 5.15. The fraction of sp³-hybridized carbons (Fsp3) is 0.370. The third-order valence-electron chi connectivity index (χ3n) is 6.14. The van der Waals surface area contributed by atoms with Gasteiger partial charge in [-0.3, -0.25) is 9.69 Å². The first-order chi connectivity index (χ1) is 15.7. The number of hydrogen-bond acceptors (Lipinski definition) is 5. The summed E-state index contributed by atoms with van der Waals surface area (Å²) >= 11 is 1.73. The molecule has 1 saturated heterocycles. The molecule has 168 valence electrons. The SMILES string of the molecule is COC(=O)CCCN1CCCC1COc1ccc(Cc2ccc(-c3ccsc3)cc2)cc1. The van der Waals surface area contributed by atoms with E-state index in [1.807, 2.05) is 0 Å². The van der Waals surface area contributed by atoms with Gasteiger partial charge in [-0.15, -0.1) is 0 Å². The van der Waals surface area contributed by atoms with Gasteiger partial charge in [-0.1, -0.05) is 36.4 Å². The second-order valence-corrected chi connectivity index (χ2v) is 9.13. The molecular weight excluding hydrogens is 418 g/mol. The lowest BCUT2D eigenvalue weighted by Crippen LogP contribution is -2.35. The van der Waals surface area contributed by atoms with Gasteiger partial charge in [-0.2, -0.15) is 11.3 Å². The molecule has 1 aromatic heterocycles. The van der Waals surface area contributed by atoms with Crippen molar-refractivity contribution in [2.24, 2.45) is 0 Å². The van der Waals surface area contributed by atoms with Crippen molar-refractivity contribution in [3.8, 4) is 16.9 Å². The first-order valence-electron chi connectivity index (χ1n) is 11.4. The van der Waals surface area contributed by atoms with Gasteiger partial charge in [0.25, 0.3) is 0 Å². The lowest BCUT2D eigenvalue weighted by Gasteiger charge is -2.24. The molecule has 2 heterocycles. The molecule has 0 aliphatic carbocycles. The number of likely N-dealkylation sites (tertiary alicyclic amines) is 1. The summed E-state index contributed by atoms with van der Waals surface area (Å²) in [5, 5.41) is 4.29.